The van der Waals surface area contributed by atoms with Gasteiger partial charge in [-0.15, -0.1) is 0 Å². The Bertz CT molecular complexity index is 4490. The van der Waals surface area contributed by atoms with Gasteiger partial charge in [-0.2, -0.15) is 0 Å². The molecule has 0 radical (unpaired) electrons. The Hall–Kier alpha value is -12.1. The summed E-state index contributed by atoms with van der Waals surface area (Å²) < 4.78 is 5.58. The minimum Gasteiger partial charge on any atom is -0.506 e. The normalized spacial score (nSPS) is 13.7. The van der Waals surface area contributed by atoms with Crippen molar-refractivity contribution >= 4 is 62.0 Å². The molecule has 0 saturated heterocycles. The van der Waals surface area contributed by atoms with Crippen LogP contribution in [0.1, 0.15) is 67.5 Å². The third-order valence-electron chi connectivity index (χ3n) is 16.5. The second-order valence-electron chi connectivity index (χ2n) is 22.0. The zero-order valence-corrected chi connectivity index (χ0v) is 49.0. The second-order valence-corrected chi connectivity index (χ2v) is 22.0. The molecule has 0 aromatic heterocycles. The highest BCUT2D eigenvalue weighted by Gasteiger charge is 2.52. The Kier molecular flexibility index (Phi) is 16.1. The number of aromatic hydroxyl groups is 5. The topological polar surface area (TPSA) is 371 Å². The minimum atomic E-state index is -0.596. The first-order valence-electron chi connectivity index (χ1n) is 28.7. The van der Waals surface area contributed by atoms with E-state index in [1.165, 1.54) is 69.4 Å². The number of ether oxygens (including phenoxy) is 1. The number of phenolic OH excluding ortho intramolecular Hbond substituents is 5. The maximum Gasteiger partial charge on any atom is 0.142 e. The monoisotopic (exact) mass is 1190 g/mol. The largest absolute Gasteiger partial charge is 0.506 e. The molecule has 0 heterocycles. The fraction of sp³-hybridized carbons (Fsp3) is 0.0541. The molecular formula is C74H68N10O6. The molecule has 90 heavy (non-hydrogen) atoms. The van der Waals surface area contributed by atoms with Crippen LogP contribution in [-0.2, 0) is 5.41 Å². The highest BCUT2D eigenvalue weighted by Crippen LogP contribution is 2.64. The van der Waals surface area contributed by atoms with E-state index in [1.807, 2.05) is 66.7 Å². The highest BCUT2D eigenvalue weighted by atomic mass is 16.5. The highest BCUT2D eigenvalue weighted by molar-refractivity contribution is 5.97. The van der Waals surface area contributed by atoms with E-state index in [2.05, 4.69) is 103 Å². The first-order chi connectivity index (χ1) is 43.4. The maximum absolute atomic E-state index is 10.3. The van der Waals surface area contributed by atoms with Crippen molar-refractivity contribution in [1.82, 2.24) is 0 Å². The van der Waals surface area contributed by atoms with Gasteiger partial charge in [-0.3, -0.25) is 0 Å². The summed E-state index contributed by atoms with van der Waals surface area (Å²) in [6.45, 7) is 0. The van der Waals surface area contributed by atoms with Gasteiger partial charge in [0.05, 0.1) is 33.9 Å². The van der Waals surface area contributed by atoms with Gasteiger partial charge in [0, 0.05) is 40.7 Å². The Morgan fingerprint density at radius 3 is 1.09 bits per heavy atom. The second kappa shape index (κ2) is 24.3. The van der Waals surface area contributed by atoms with Crippen LogP contribution < -0.4 is 62.1 Å². The molecule has 0 aliphatic heterocycles. The number of hydrogen-bond acceptors (Lipinski definition) is 16. The molecule has 5 aliphatic carbocycles. The van der Waals surface area contributed by atoms with E-state index in [0.717, 1.165) is 79.1 Å². The molecule has 16 heteroatoms. The molecule has 12 aromatic rings. The summed E-state index contributed by atoms with van der Waals surface area (Å²) in [5.41, 5.74) is 75.7. The van der Waals surface area contributed by atoms with Crippen LogP contribution in [0.2, 0.25) is 0 Å². The molecule has 12 aromatic carbocycles. The Morgan fingerprint density at radius 1 is 0.278 bits per heavy atom. The predicted octanol–water partition coefficient (Wildman–Crippen LogP) is 13.1. The van der Waals surface area contributed by atoms with E-state index < -0.39 is 5.41 Å². The van der Waals surface area contributed by atoms with Crippen molar-refractivity contribution < 1.29 is 30.3 Å². The van der Waals surface area contributed by atoms with Crippen molar-refractivity contribution in [2.45, 2.75) is 17.3 Å². The van der Waals surface area contributed by atoms with E-state index in [-0.39, 0.29) is 40.1 Å². The van der Waals surface area contributed by atoms with Crippen LogP contribution in [0.25, 0.3) is 33.0 Å². The van der Waals surface area contributed by atoms with E-state index in [9.17, 15) is 10.2 Å². The number of fused-ring (bicyclic) bond motifs is 11. The molecule has 2 unspecified atom stereocenters. The summed E-state index contributed by atoms with van der Waals surface area (Å²) in [6, 6.07) is 74.0. The molecule has 2 bridgehead atoms. The smallest absolute Gasteiger partial charge is 0.142 e. The Labute approximate surface area is 520 Å². The Morgan fingerprint density at radius 2 is 0.633 bits per heavy atom. The van der Waals surface area contributed by atoms with Crippen LogP contribution in [0.5, 0.6) is 40.2 Å². The molecule has 0 fully saturated rings. The van der Waals surface area contributed by atoms with Crippen LogP contribution in [0, 0.1) is 0 Å². The summed E-state index contributed by atoms with van der Waals surface area (Å²) >= 11 is 0. The maximum atomic E-state index is 10.3. The van der Waals surface area contributed by atoms with Gasteiger partial charge >= 0.3 is 0 Å². The summed E-state index contributed by atoms with van der Waals surface area (Å²) in [5, 5.41) is 49.9. The zero-order chi connectivity index (χ0) is 63.7. The minimum absolute atomic E-state index is 0.0733. The molecule has 0 saturated carbocycles. The molecular weight excluding hydrogens is 1120 g/mol. The van der Waals surface area contributed by atoms with E-state index in [4.69, 9.17) is 71.7 Å². The number of phenols is 5. The molecule has 0 amide bonds. The quantitative estimate of drug-likeness (QED) is 0.0434. The Balaban J connectivity index is 0.000000123. The summed E-state index contributed by atoms with van der Waals surface area (Å²) in [4.78, 5) is 0. The molecule has 25 N–H and O–H groups in total. The van der Waals surface area contributed by atoms with Gasteiger partial charge in [0.25, 0.3) is 0 Å². The fourth-order valence-corrected chi connectivity index (χ4v) is 12.6. The molecule has 16 nitrogen and oxygen atoms in total. The van der Waals surface area contributed by atoms with Gasteiger partial charge in [0.1, 0.15) is 40.2 Å². The molecule has 5 aliphatic rings. The molecule has 450 valence electrons. The van der Waals surface area contributed by atoms with Gasteiger partial charge in [-0.1, -0.05) is 103 Å². The van der Waals surface area contributed by atoms with Gasteiger partial charge in [-0.25, -0.2) is 0 Å². The fourth-order valence-electron chi connectivity index (χ4n) is 12.6. The molecule has 2 atom stereocenters. The van der Waals surface area contributed by atoms with Gasteiger partial charge < -0.3 is 87.6 Å². The number of benzene rings is 12. The van der Waals surface area contributed by atoms with Crippen molar-refractivity contribution in [3.8, 4) is 62.5 Å². The number of hydrogen-bond donors (Lipinski definition) is 15. The van der Waals surface area contributed by atoms with Crippen molar-refractivity contribution in [2.75, 3.05) is 58.7 Å². The molecule has 17 rings (SSSR count). The van der Waals surface area contributed by atoms with E-state index in [1.54, 1.807) is 42.5 Å². The lowest BCUT2D eigenvalue weighted by Crippen LogP contribution is -2.27. The lowest BCUT2D eigenvalue weighted by Gasteiger charge is -2.42. The predicted molar refractivity (Wildman–Crippen MR) is 365 cm³/mol. The average molecular weight is 1190 g/mol. The van der Waals surface area contributed by atoms with Crippen molar-refractivity contribution in [1.29, 1.82) is 0 Å². The van der Waals surface area contributed by atoms with Crippen LogP contribution >= 0.6 is 0 Å². The first-order valence-corrected chi connectivity index (χ1v) is 28.7. The summed E-state index contributed by atoms with van der Waals surface area (Å²) in [5.74, 6) is 2.03. The zero-order valence-electron chi connectivity index (χ0n) is 49.0. The third kappa shape index (κ3) is 10.9. The van der Waals surface area contributed by atoms with Gasteiger partial charge in [0.2, 0.25) is 0 Å². The number of nitrogen functional groups attached to an aromatic ring is 9. The van der Waals surface area contributed by atoms with Crippen molar-refractivity contribution in [2.24, 2.45) is 5.73 Å². The number of nitrogens with two attached hydrogens (primary N) is 10. The number of anilines is 9. The lowest BCUT2D eigenvalue weighted by atomic mass is 9.61. The van der Waals surface area contributed by atoms with Crippen LogP contribution in [0.15, 0.2) is 231 Å². The van der Waals surface area contributed by atoms with E-state index in [0.29, 0.717) is 34.6 Å². The standard InChI is InChI=1S/C25H18N2O2.C24H17N.C12H12N2O.C6H8N2O2.C6H8N2O.CH5N/c26-21-11-19-15(9-23(21)28)13-5-1-3-7-17(13)25(19)18-8-4-2-6-14(18)16-10-24(29)22(27)12-20(16)25;25-16-9-10-19-22(13-16)24-18-8-4-3-7-17(18)23(19)20-11-14-5-1-2-6-15(14)12-21(20)24;13-9-1-5-11(6-2-9)15-12-7-3-10(14)4-8-12;7-3-1-4(8)6(10)2-5(3)9;7-4-1-2-6(9)5(8)3-4;1-2/h1-12,28-29H,26-27H2;1-13,23-24H,25H2;1-8H,13-14H2;1-2,9-10H,7-8H2;1-3,9H,7-8H2;2H2,1H3. The summed E-state index contributed by atoms with van der Waals surface area (Å²) in [7, 11) is 1.50. The third-order valence-corrected chi connectivity index (χ3v) is 16.5. The summed E-state index contributed by atoms with van der Waals surface area (Å²) in [6.07, 6.45) is 0. The van der Waals surface area contributed by atoms with Crippen LogP contribution in [0.4, 0.5) is 51.2 Å². The first kappa shape index (κ1) is 59.6. The van der Waals surface area contributed by atoms with Crippen LogP contribution in [-0.4, -0.2) is 32.6 Å². The van der Waals surface area contributed by atoms with Crippen molar-refractivity contribution in [3.05, 3.63) is 286 Å². The van der Waals surface area contributed by atoms with Crippen LogP contribution in [0.3, 0.4) is 0 Å². The molecule has 1 spiro atoms. The van der Waals surface area contributed by atoms with Crippen molar-refractivity contribution in [3.63, 3.8) is 0 Å². The van der Waals surface area contributed by atoms with Gasteiger partial charge in [0.15, 0.2) is 0 Å². The SMILES string of the molecule is CN.Nc1cc(N)c(O)cc1O.Nc1cc2c(cc1O)-c1ccccc1C21c2ccccc2-c2cc(O)c(N)cc21.Nc1ccc(O)c(N)c1.Nc1ccc(Oc2ccc(N)cc2)cc1.Nc1ccc2c(c1)C1c3ccccc3C2c2cc3ccccc3cc21. The average Bonchev–Trinajstić information content (AvgIpc) is 1.45. The van der Waals surface area contributed by atoms with Gasteiger partial charge in [-0.05, 0) is 217 Å². The van der Waals surface area contributed by atoms with E-state index >= 15 is 0 Å². The number of rotatable bonds is 2. The lowest BCUT2D eigenvalue weighted by molar-refractivity contribution is 0.454.